The van der Waals surface area contributed by atoms with E-state index in [4.69, 9.17) is 4.98 Å². The monoisotopic (exact) mass is 293 g/mol. The molecular weight excluding hydrogens is 266 g/mol. The molecule has 1 aliphatic carbocycles. The maximum Gasteiger partial charge on any atom is 0.186 e. The zero-order valence-corrected chi connectivity index (χ0v) is 13.8. The third-order valence-corrected chi connectivity index (χ3v) is 5.74. The van der Waals surface area contributed by atoms with Crippen molar-refractivity contribution in [1.82, 2.24) is 10.3 Å². The van der Waals surface area contributed by atoms with E-state index in [1.165, 1.54) is 47.9 Å². The molecule has 1 aromatic heterocycles. The van der Waals surface area contributed by atoms with E-state index in [0.717, 1.165) is 25.0 Å². The fourth-order valence-corrected chi connectivity index (χ4v) is 4.85. The van der Waals surface area contributed by atoms with Gasteiger partial charge in [-0.15, -0.1) is 11.3 Å². The third kappa shape index (κ3) is 2.73. The summed E-state index contributed by atoms with van der Waals surface area (Å²) in [7, 11) is 0. The number of rotatable bonds is 6. The largest absolute Gasteiger partial charge is 0.345 e. The van der Waals surface area contributed by atoms with Crippen LogP contribution in [0.4, 0.5) is 5.13 Å². The smallest absolute Gasteiger partial charge is 0.186 e. The minimum atomic E-state index is 0.526. The van der Waals surface area contributed by atoms with E-state index in [1.807, 2.05) is 11.3 Å². The van der Waals surface area contributed by atoms with Gasteiger partial charge in [-0.25, -0.2) is 4.98 Å². The Kier molecular flexibility index (Phi) is 4.32. The molecular formula is C16H27N3S. The number of hydrogen-bond donors (Lipinski definition) is 1. The molecule has 0 aromatic carbocycles. The number of hydrogen-bond acceptors (Lipinski definition) is 4. The van der Waals surface area contributed by atoms with E-state index in [-0.39, 0.29) is 0 Å². The molecule has 112 valence electrons. The number of nitrogens with zero attached hydrogens (tertiary/aromatic N) is 2. The van der Waals surface area contributed by atoms with E-state index in [2.05, 4.69) is 31.0 Å². The van der Waals surface area contributed by atoms with Crippen molar-refractivity contribution < 1.29 is 0 Å². The number of fused-ring (bicyclic) bond motifs is 2. The molecule has 1 aliphatic heterocycles. The lowest BCUT2D eigenvalue weighted by molar-refractivity contribution is 0.552. The lowest BCUT2D eigenvalue weighted by Crippen LogP contribution is -2.31. The molecule has 3 rings (SSSR count). The highest BCUT2D eigenvalue weighted by Gasteiger charge is 2.39. The minimum Gasteiger partial charge on any atom is -0.345 e. The molecule has 0 radical (unpaired) electrons. The Morgan fingerprint density at radius 2 is 2.25 bits per heavy atom. The SMILES string of the molecule is CCCNCc1sc(N2CC3CCC2C3)nc1C(C)C. The standard InChI is InChI=1S/C16H27N3S/c1-4-7-17-9-14-15(11(2)3)18-16(20-14)19-10-12-5-6-13(19)8-12/h11-13,17H,4-10H2,1-3H3. The van der Waals surface area contributed by atoms with Crippen molar-refractivity contribution >= 4 is 16.5 Å². The summed E-state index contributed by atoms with van der Waals surface area (Å²) in [4.78, 5) is 9.04. The predicted molar refractivity (Wildman–Crippen MR) is 86.7 cm³/mol. The Balaban J connectivity index is 1.76. The molecule has 0 spiro atoms. The van der Waals surface area contributed by atoms with Gasteiger partial charge in [0, 0.05) is 24.0 Å². The zero-order valence-electron chi connectivity index (χ0n) is 13.0. The predicted octanol–water partition coefficient (Wildman–Crippen LogP) is 3.75. The molecule has 2 bridgehead atoms. The fraction of sp³-hybridized carbons (Fsp3) is 0.812. The number of nitrogens with one attached hydrogen (secondary N) is 1. The molecule has 1 N–H and O–H groups in total. The van der Waals surface area contributed by atoms with Gasteiger partial charge in [-0.2, -0.15) is 0 Å². The summed E-state index contributed by atoms with van der Waals surface area (Å²) in [6, 6.07) is 0.780. The van der Waals surface area contributed by atoms with Crippen molar-refractivity contribution in [3.63, 3.8) is 0 Å². The van der Waals surface area contributed by atoms with Crippen molar-refractivity contribution in [2.75, 3.05) is 18.0 Å². The first-order valence-corrected chi connectivity index (χ1v) is 8.97. The van der Waals surface area contributed by atoms with Crippen molar-refractivity contribution in [3.05, 3.63) is 10.6 Å². The minimum absolute atomic E-state index is 0.526. The molecule has 2 heterocycles. The van der Waals surface area contributed by atoms with Gasteiger partial charge in [0.15, 0.2) is 5.13 Å². The number of piperidine rings is 1. The van der Waals surface area contributed by atoms with Crippen LogP contribution in [0.5, 0.6) is 0 Å². The van der Waals surface area contributed by atoms with E-state index in [0.29, 0.717) is 5.92 Å². The molecule has 2 aliphatic rings. The van der Waals surface area contributed by atoms with Gasteiger partial charge >= 0.3 is 0 Å². The molecule has 20 heavy (non-hydrogen) atoms. The van der Waals surface area contributed by atoms with Crippen molar-refractivity contribution in [2.24, 2.45) is 5.92 Å². The summed E-state index contributed by atoms with van der Waals surface area (Å²) < 4.78 is 0. The van der Waals surface area contributed by atoms with Crippen LogP contribution in [-0.2, 0) is 6.54 Å². The molecule has 0 amide bonds. The molecule has 3 nitrogen and oxygen atoms in total. The fourth-order valence-electron chi connectivity index (χ4n) is 3.59. The Morgan fingerprint density at radius 3 is 2.85 bits per heavy atom. The summed E-state index contributed by atoms with van der Waals surface area (Å²) in [6.45, 7) is 10.1. The average molecular weight is 293 g/mol. The van der Waals surface area contributed by atoms with Crippen molar-refractivity contribution in [1.29, 1.82) is 0 Å². The Hall–Kier alpha value is -0.610. The lowest BCUT2D eigenvalue weighted by Gasteiger charge is -2.26. The number of anilines is 1. The van der Waals surface area contributed by atoms with Crippen LogP contribution >= 0.6 is 11.3 Å². The van der Waals surface area contributed by atoms with Gasteiger partial charge < -0.3 is 10.2 Å². The van der Waals surface area contributed by atoms with Crippen LogP contribution < -0.4 is 10.2 Å². The molecule has 2 unspecified atom stereocenters. The highest BCUT2D eigenvalue weighted by Crippen LogP contribution is 2.42. The normalized spacial score (nSPS) is 25.1. The second-order valence-corrected chi connectivity index (χ2v) is 7.68. The highest BCUT2D eigenvalue weighted by molar-refractivity contribution is 7.15. The quantitative estimate of drug-likeness (QED) is 0.810. The van der Waals surface area contributed by atoms with Crippen LogP contribution in [0, 0.1) is 5.92 Å². The molecule has 2 atom stereocenters. The second-order valence-electron chi connectivity index (χ2n) is 6.62. The van der Waals surface area contributed by atoms with Gasteiger partial charge in [0.1, 0.15) is 0 Å². The second kappa shape index (κ2) is 6.02. The number of thiazole rings is 1. The third-order valence-electron chi connectivity index (χ3n) is 4.63. The topological polar surface area (TPSA) is 28.2 Å². The van der Waals surface area contributed by atoms with Gasteiger partial charge in [0.05, 0.1) is 5.69 Å². The Morgan fingerprint density at radius 1 is 1.40 bits per heavy atom. The van der Waals surface area contributed by atoms with Crippen LogP contribution in [0.25, 0.3) is 0 Å². The van der Waals surface area contributed by atoms with Gasteiger partial charge in [-0.05, 0) is 44.1 Å². The summed E-state index contributed by atoms with van der Waals surface area (Å²) in [5, 5.41) is 4.82. The van der Waals surface area contributed by atoms with Gasteiger partial charge in [0.2, 0.25) is 0 Å². The van der Waals surface area contributed by atoms with E-state index < -0.39 is 0 Å². The average Bonchev–Trinajstić information content (AvgIpc) is 3.13. The van der Waals surface area contributed by atoms with E-state index in [1.54, 1.807) is 0 Å². The number of aromatic nitrogens is 1. The Labute approximate surface area is 126 Å². The van der Waals surface area contributed by atoms with Crippen LogP contribution in [-0.4, -0.2) is 24.1 Å². The molecule has 1 saturated heterocycles. The van der Waals surface area contributed by atoms with Gasteiger partial charge in [0.25, 0.3) is 0 Å². The highest BCUT2D eigenvalue weighted by atomic mass is 32.1. The molecule has 2 fully saturated rings. The first-order chi connectivity index (χ1) is 9.69. The summed E-state index contributed by atoms with van der Waals surface area (Å²) >= 11 is 1.93. The summed E-state index contributed by atoms with van der Waals surface area (Å²) in [6.07, 6.45) is 5.41. The molecule has 1 saturated carbocycles. The molecule has 4 heteroatoms. The van der Waals surface area contributed by atoms with Crippen LogP contribution in [0.15, 0.2) is 0 Å². The first kappa shape index (κ1) is 14.3. The summed E-state index contributed by atoms with van der Waals surface area (Å²) in [5.74, 6) is 1.46. The van der Waals surface area contributed by atoms with Gasteiger partial charge in [-0.1, -0.05) is 20.8 Å². The summed E-state index contributed by atoms with van der Waals surface area (Å²) in [5.41, 5.74) is 1.32. The maximum absolute atomic E-state index is 4.99. The lowest BCUT2D eigenvalue weighted by atomic mass is 10.1. The van der Waals surface area contributed by atoms with Crippen LogP contribution in [0.1, 0.15) is 62.9 Å². The Bertz CT molecular complexity index is 455. The van der Waals surface area contributed by atoms with Crippen molar-refractivity contribution in [2.45, 2.75) is 65.0 Å². The maximum atomic E-state index is 4.99. The van der Waals surface area contributed by atoms with Crippen LogP contribution in [0.2, 0.25) is 0 Å². The molecule has 1 aromatic rings. The zero-order chi connectivity index (χ0) is 14.1. The van der Waals surface area contributed by atoms with Crippen molar-refractivity contribution in [3.8, 4) is 0 Å². The first-order valence-electron chi connectivity index (χ1n) is 8.16. The van der Waals surface area contributed by atoms with E-state index in [9.17, 15) is 0 Å². The van der Waals surface area contributed by atoms with Gasteiger partial charge in [-0.3, -0.25) is 0 Å². The van der Waals surface area contributed by atoms with E-state index >= 15 is 0 Å². The van der Waals surface area contributed by atoms with Crippen LogP contribution in [0.3, 0.4) is 0 Å².